The average molecular weight is 309 g/mol. The molecule has 8 heteroatoms. The van der Waals surface area contributed by atoms with Crippen LogP contribution in [0.25, 0.3) is 0 Å². The van der Waals surface area contributed by atoms with E-state index in [4.69, 9.17) is 9.47 Å². The van der Waals surface area contributed by atoms with E-state index in [-0.39, 0.29) is 17.7 Å². The summed E-state index contributed by atoms with van der Waals surface area (Å²) in [5.41, 5.74) is 0. The lowest BCUT2D eigenvalue weighted by atomic mass is 10.2. The molecule has 2 aromatic rings. The van der Waals surface area contributed by atoms with E-state index in [0.717, 1.165) is 0 Å². The van der Waals surface area contributed by atoms with Gasteiger partial charge in [0.15, 0.2) is 16.5 Å². The van der Waals surface area contributed by atoms with Gasteiger partial charge in [0, 0.05) is 7.05 Å². The highest BCUT2D eigenvalue weighted by Gasteiger charge is 2.28. The summed E-state index contributed by atoms with van der Waals surface area (Å²) in [4.78, 5) is 0. The number of likely N-dealkylation sites (N-methyl/N-ethyl adjacent to an activating group) is 1. The maximum atomic E-state index is 12.3. The highest BCUT2D eigenvalue weighted by molar-refractivity contribution is 7.89. The molecule has 1 aromatic heterocycles. The zero-order valence-electron chi connectivity index (χ0n) is 11.4. The molecule has 0 saturated heterocycles. The molecule has 1 aliphatic rings. The number of hydrogen-bond acceptors (Lipinski definition) is 5. The van der Waals surface area contributed by atoms with E-state index in [9.17, 15) is 8.42 Å². The number of hydrogen-bond donors (Lipinski definition) is 1. The summed E-state index contributed by atoms with van der Waals surface area (Å²) in [6, 6.07) is 8.73. The molecule has 0 saturated carbocycles. The van der Waals surface area contributed by atoms with Crippen LogP contribution in [0.3, 0.4) is 0 Å². The van der Waals surface area contributed by atoms with Crippen LogP contribution < -0.4 is 9.47 Å². The quantitative estimate of drug-likeness (QED) is 0.906. The fraction of sp³-hybridized carbons (Fsp3) is 0.308. The molecule has 112 valence electrons. The number of para-hydroxylation sites is 2. The molecule has 1 atom stereocenters. The summed E-state index contributed by atoms with van der Waals surface area (Å²) in [6.07, 6.45) is 1.04. The van der Waals surface area contributed by atoms with Gasteiger partial charge < -0.3 is 9.47 Å². The van der Waals surface area contributed by atoms with Gasteiger partial charge in [-0.1, -0.05) is 12.1 Å². The molecule has 7 nitrogen and oxygen atoms in total. The second-order valence-corrected chi connectivity index (χ2v) is 6.72. The Morgan fingerprint density at radius 3 is 2.81 bits per heavy atom. The molecule has 1 unspecified atom stereocenters. The van der Waals surface area contributed by atoms with Gasteiger partial charge in [0.1, 0.15) is 12.7 Å². The number of nitrogens with one attached hydrogen (secondary N) is 1. The van der Waals surface area contributed by atoms with Gasteiger partial charge in [-0.3, -0.25) is 5.10 Å². The first-order chi connectivity index (χ1) is 10.1. The number of fused-ring (bicyclic) bond motifs is 1. The Kier molecular flexibility index (Phi) is 3.56. The van der Waals surface area contributed by atoms with Crippen molar-refractivity contribution >= 4 is 10.0 Å². The molecular formula is C13H15N3O4S. The van der Waals surface area contributed by atoms with Crippen LogP contribution in [-0.2, 0) is 10.0 Å². The Labute approximate surface area is 122 Å². The zero-order chi connectivity index (χ0) is 14.9. The predicted octanol–water partition coefficient (Wildman–Crippen LogP) is 0.870. The van der Waals surface area contributed by atoms with Crippen molar-refractivity contribution in [1.82, 2.24) is 14.5 Å². The van der Waals surface area contributed by atoms with Crippen LogP contribution >= 0.6 is 0 Å². The third-order valence-corrected chi connectivity index (χ3v) is 4.94. The molecule has 0 amide bonds. The lowest BCUT2D eigenvalue weighted by Gasteiger charge is -2.29. The first kappa shape index (κ1) is 13.9. The van der Waals surface area contributed by atoms with E-state index < -0.39 is 10.0 Å². The van der Waals surface area contributed by atoms with E-state index in [1.54, 1.807) is 6.07 Å². The van der Waals surface area contributed by atoms with Crippen LogP contribution in [0.15, 0.2) is 41.6 Å². The van der Waals surface area contributed by atoms with Crippen LogP contribution in [0.2, 0.25) is 0 Å². The molecular weight excluding hydrogens is 294 g/mol. The number of nitrogens with zero attached hydrogens (tertiary/aromatic N) is 2. The van der Waals surface area contributed by atoms with Crippen molar-refractivity contribution in [3.05, 3.63) is 36.5 Å². The van der Waals surface area contributed by atoms with Gasteiger partial charge in [0.25, 0.3) is 10.0 Å². The maximum absolute atomic E-state index is 12.3. The van der Waals surface area contributed by atoms with Crippen molar-refractivity contribution in [3.63, 3.8) is 0 Å². The number of H-pyrrole nitrogens is 1. The van der Waals surface area contributed by atoms with Crippen molar-refractivity contribution in [2.45, 2.75) is 11.1 Å². The van der Waals surface area contributed by atoms with Crippen molar-refractivity contribution in [3.8, 4) is 11.5 Å². The summed E-state index contributed by atoms with van der Waals surface area (Å²) in [5.74, 6) is 1.30. The molecule has 0 fully saturated rings. The van der Waals surface area contributed by atoms with Crippen molar-refractivity contribution in [1.29, 1.82) is 0 Å². The van der Waals surface area contributed by atoms with Crippen LogP contribution in [-0.4, -0.2) is 49.2 Å². The molecule has 0 spiro atoms. The third-order valence-electron chi connectivity index (χ3n) is 3.19. The zero-order valence-corrected chi connectivity index (χ0v) is 12.2. The summed E-state index contributed by atoms with van der Waals surface area (Å²) in [7, 11) is -2.09. The van der Waals surface area contributed by atoms with E-state index in [0.29, 0.717) is 18.1 Å². The topological polar surface area (TPSA) is 84.5 Å². The lowest BCUT2D eigenvalue weighted by molar-refractivity contribution is 0.0798. The van der Waals surface area contributed by atoms with Gasteiger partial charge in [-0.25, -0.2) is 8.42 Å². The van der Waals surface area contributed by atoms with Crippen molar-refractivity contribution < 1.29 is 17.9 Å². The molecule has 1 N–H and O–H groups in total. The molecule has 2 heterocycles. The van der Waals surface area contributed by atoms with E-state index in [1.807, 2.05) is 18.2 Å². The Bertz CT molecular complexity index is 715. The van der Waals surface area contributed by atoms with Crippen LogP contribution in [0.4, 0.5) is 0 Å². The average Bonchev–Trinajstić information content (AvgIpc) is 3.02. The minimum absolute atomic E-state index is 0.0575. The largest absolute Gasteiger partial charge is 0.486 e. The smallest absolute Gasteiger partial charge is 0.259 e. The van der Waals surface area contributed by atoms with Crippen LogP contribution in [0.5, 0.6) is 11.5 Å². The standard InChI is InChI=1S/C13H15N3O4S/c1-16(21(17,18)13-6-7-14-15-13)8-10-9-19-11-4-2-3-5-12(11)20-10/h2-7,10H,8-9H2,1H3,(H,14,15). The van der Waals surface area contributed by atoms with Gasteiger partial charge in [0.05, 0.1) is 12.7 Å². The van der Waals surface area contributed by atoms with E-state index in [2.05, 4.69) is 10.2 Å². The van der Waals surface area contributed by atoms with Crippen molar-refractivity contribution in [2.24, 2.45) is 0 Å². The van der Waals surface area contributed by atoms with Gasteiger partial charge >= 0.3 is 0 Å². The molecule has 1 aromatic carbocycles. The molecule has 0 bridgehead atoms. The number of rotatable bonds is 4. The molecule has 0 aliphatic carbocycles. The number of ether oxygens (including phenoxy) is 2. The first-order valence-electron chi connectivity index (χ1n) is 6.41. The summed E-state index contributed by atoms with van der Waals surface area (Å²) < 4.78 is 37.1. The van der Waals surface area contributed by atoms with Gasteiger partial charge in [-0.2, -0.15) is 9.40 Å². The number of aromatic nitrogens is 2. The number of sulfonamides is 1. The minimum Gasteiger partial charge on any atom is -0.486 e. The van der Waals surface area contributed by atoms with Gasteiger partial charge in [-0.15, -0.1) is 0 Å². The summed E-state index contributed by atoms with van der Waals surface area (Å²) in [5, 5.41) is 6.18. The SMILES string of the molecule is CN(CC1COc2ccccc2O1)S(=O)(=O)c1ccn[nH]1. The fourth-order valence-electron chi connectivity index (χ4n) is 2.09. The van der Waals surface area contributed by atoms with Crippen LogP contribution in [0, 0.1) is 0 Å². The Balaban J connectivity index is 1.71. The number of benzene rings is 1. The lowest BCUT2D eigenvalue weighted by Crippen LogP contribution is -2.41. The van der Waals surface area contributed by atoms with Gasteiger partial charge in [0.2, 0.25) is 0 Å². The minimum atomic E-state index is -3.59. The summed E-state index contributed by atoms with van der Waals surface area (Å²) in [6.45, 7) is 0.496. The fourth-order valence-corrected chi connectivity index (χ4v) is 3.19. The first-order valence-corrected chi connectivity index (χ1v) is 7.85. The second kappa shape index (κ2) is 5.38. The Hall–Kier alpha value is -2.06. The molecule has 3 rings (SSSR count). The highest BCUT2D eigenvalue weighted by atomic mass is 32.2. The number of aromatic amines is 1. The van der Waals surface area contributed by atoms with E-state index >= 15 is 0 Å². The van der Waals surface area contributed by atoms with Gasteiger partial charge in [-0.05, 0) is 18.2 Å². The monoisotopic (exact) mass is 309 g/mol. The maximum Gasteiger partial charge on any atom is 0.259 e. The van der Waals surface area contributed by atoms with Crippen molar-refractivity contribution in [2.75, 3.05) is 20.2 Å². The second-order valence-electron chi connectivity index (χ2n) is 4.70. The summed E-state index contributed by atoms with van der Waals surface area (Å²) >= 11 is 0. The molecule has 1 aliphatic heterocycles. The predicted molar refractivity (Wildman–Crippen MR) is 74.8 cm³/mol. The van der Waals surface area contributed by atoms with Crippen LogP contribution in [0.1, 0.15) is 0 Å². The molecule has 21 heavy (non-hydrogen) atoms. The molecule has 0 radical (unpaired) electrons. The normalized spacial score (nSPS) is 17.9. The Morgan fingerprint density at radius 1 is 1.33 bits per heavy atom. The Morgan fingerprint density at radius 2 is 2.10 bits per heavy atom. The third kappa shape index (κ3) is 2.72. The highest BCUT2D eigenvalue weighted by Crippen LogP contribution is 2.31. The van der Waals surface area contributed by atoms with E-state index in [1.165, 1.54) is 23.6 Å².